The van der Waals surface area contributed by atoms with Gasteiger partial charge in [0.2, 0.25) is 5.78 Å². The molecule has 0 spiro atoms. The number of allylic oxidation sites excluding steroid dienone is 3. The normalized spacial score (nSPS) is 17.0. The van der Waals surface area contributed by atoms with Crippen molar-refractivity contribution in [2.45, 2.75) is 12.2 Å². The van der Waals surface area contributed by atoms with Gasteiger partial charge in [-0.3, -0.25) is 19.5 Å². The van der Waals surface area contributed by atoms with Crippen LogP contribution in [0.2, 0.25) is 0 Å². The van der Waals surface area contributed by atoms with Crippen molar-refractivity contribution in [2.24, 2.45) is 4.99 Å². The first kappa shape index (κ1) is 23.0. The van der Waals surface area contributed by atoms with E-state index in [1.165, 1.54) is 54.5 Å². The molecule has 1 aromatic carbocycles. The summed E-state index contributed by atoms with van der Waals surface area (Å²) in [4.78, 5) is 48.8. The van der Waals surface area contributed by atoms with E-state index in [0.29, 0.717) is 0 Å². The fourth-order valence-electron chi connectivity index (χ4n) is 3.90. The molecule has 4 heterocycles. The highest BCUT2D eigenvalue weighted by atomic mass is 19.4. The Hall–Kier alpha value is -4.80. The summed E-state index contributed by atoms with van der Waals surface area (Å²) in [5.41, 5.74) is -0.755. The molecule has 1 atom stereocenters. The van der Waals surface area contributed by atoms with Crippen molar-refractivity contribution in [3.63, 3.8) is 0 Å². The van der Waals surface area contributed by atoms with E-state index in [1.807, 2.05) is 0 Å². The summed E-state index contributed by atoms with van der Waals surface area (Å²) in [7, 11) is 0. The molecule has 2 aliphatic rings. The first-order valence-corrected chi connectivity index (χ1v) is 10.6. The van der Waals surface area contributed by atoms with Crippen LogP contribution in [0, 0.1) is 0 Å². The van der Waals surface area contributed by atoms with Gasteiger partial charge in [0.1, 0.15) is 30.2 Å². The third-order valence-electron chi connectivity index (χ3n) is 5.50. The Morgan fingerprint density at radius 3 is 2.22 bits per heavy atom. The van der Waals surface area contributed by atoms with E-state index in [0.717, 1.165) is 12.1 Å². The van der Waals surface area contributed by atoms with Gasteiger partial charge in [0.05, 0.1) is 16.7 Å². The van der Waals surface area contributed by atoms with Gasteiger partial charge in [0.25, 0.3) is 0 Å². The predicted molar refractivity (Wildman–Crippen MR) is 122 cm³/mol. The topological polar surface area (TPSA) is 101 Å². The molecule has 1 unspecified atom stereocenters. The van der Waals surface area contributed by atoms with Crippen LogP contribution in [0.25, 0.3) is 5.57 Å². The van der Waals surface area contributed by atoms with E-state index in [9.17, 15) is 22.8 Å². The molecule has 5 rings (SSSR count). The molecule has 11 heteroatoms. The number of alkyl halides is 3. The summed E-state index contributed by atoms with van der Waals surface area (Å²) in [5.74, 6) is -0.895. The highest BCUT2D eigenvalue weighted by Gasteiger charge is 2.39. The first-order chi connectivity index (χ1) is 17.3. The largest absolute Gasteiger partial charge is 0.416 e. The van der Waals surface area contributed by atoms with Crippen molar-refractivity contribution in [3.8, 4) is 0 Å². The van der Waals surface area contributed by atoms with E-state index in [-0.39, 0.29) is 33.8 Å². The lowest BCUT2D eigenvalue weighted by Crippen LogP contribution is -2.39. The van der Waals surface area contributed by atoms with Crippen LogP contribution in [0.3, 0.4) is 0 Å². The molecule has 0 amide bonds. The Balaban J connectivity index is 1.79. The van der Waals surface area contributed by atoms with Crippen molar-refractivity contribution in [3.05, 3.63) is 114 Å². The fraction of sp³-hybridized carbons (Fsp3) is 0.0800. The van der Waals surface area contributed by atoms with Gasteiger partial charge in [-0.1, -0.05) is 18.2 Å². The highest BCUT2D eigenvalue weighted by Crippen LogP contribution is 2.38. The molecule has 2 aromatic heterocycles. The minimum absolute atomic E-state index is 0.00695. The summed E-state index contributed by atoms with van der Waals surface area (Å²) in [6.45, 7) is 0. The molecule has 0 aliphatic carbocycles. The van der Waals surface area contributed by atoms with Crippen LogP contribution >= 0.6 is 0 Å². The number of hydrogen-bond donors (Lipinski definition) is 0. The van der Waals surface area contributed by atoms with Crippen molar-refractivity contribution >= 4 is 23.0 Å². The zero-order valence-corrected chi connectivity index (χ0v) is 18.3. The van der Waals surface area contributed by atoms with Crippen LogP contribution in [-0.2, 0) is 6.18 Å². The van der Waals surface area contributed by atoms with Gasteiger partial charge < -0.3 is 0 Å². The van der Waals surface area contributed by atoms with Gasteiger partial charge in [0, 0.05) is 36.6 Å². The summed E-state index contributed by atoms with van der Waals surface area (Å²) in [6.07, 6.45) is 9.48. The zero-order valence-electron chi connectivity index (χ0n) is 18.3. The standard InChI is InChI=1S/C25H15F3N6O2/c26-25(27,28)18-5-3-4-15(8-18)20-21(23(35)16-9-29-13-30-10-16)33-19-6-1-2-7-34(19)22(20)24(36)17-11-31-14-32-12-17/h1-14,21H. The van der Waals surface area contributed by atoms with Crippen molar-refractivity contribution < 1.29 is 22.8 Å². The number of benzene rings is 1. The minimum Gasteiger partial charge on any atom is -0.298 e. The van der Waals surface area contributed by atoms with E-state index >= 15 is 0 Å². The maximum atomic E-state index is 13.8. The molecular formula is C25H15F3N6O2. The Bertz CT molecular complexity index is 1460. The molecular weight excluding hydrogens is 473 g/mol. The number of nitrogens with zero attached hydrogens (tertiary/aromatic N) is 6. The quantitative estimate of drug-likeness (QED) is 0.502. The summed E-state index contributed by atoms with van der Waals surface area (Å²) < 4.78 is 40.8. The number of ketones is 2. The van der Waals surface area contributed by atoms with E-state index in [1.54, 1.807) is 24.4 Å². The number of aliphatic imine (C=N–C) groups is 1. The van der Waals surface area contributed by atoms with Crippen molar-refractivity contribution in [2.75, 3.05) is 0 Å². The molecule has 0 N–H and O–H groups in total. The summed E-state index contributed by atoms with van der Waals surface area (Å²) in [6, 6.07) is 3.10. The SMILES string of the molecule is O=C(C1=C(c2cccc(C(F)(F)F)c2)C(C(=O)c2cncnc2)N=C2C=CC=CN21)c1cncnc1. The number of fused-ring (bicyclic) bond motifs is 1. The van der Waals surface area contributed by atoms with Crippen LogP contribution in [0.4, 0.5) is 13.2 Å². The van der Waals surface area contributed by atoms with Gasteiger partial charge in [-0.2, -0.15) is 13.2 Å². The Kier molecular flexibility index (Phi) is 5.80. The molecule has 3 aromatic rings. The Morgan fingerprint density at radius 1 is 0.889 bits per heavy atom. The molecule has 36 heavy (non-hydrogen) atoms. The maximum absolute atomic E-state index is 13.8. The minimum atomic E-state index is -4.64. The zero-order chi connectivity index (χ0) is 25.3. The molecule has 0 fully saturated rings. The first-order valence-electron chi connectivity index (χ1n) is 10.6. The fourth-order valence-corrected chi connectivity index (χ4v) is 3.90. The second-order valence-electron chi connectivity index (χ2n) is 7.75. The van der Waals surface area contributed by atoms with Gasteiger partial charge in [-0.25, -0.2) is 19.9 Å². The van der Waals surface area contributed by atoms with Gasteiger partial charge in [0.15, 0.2) is 5.78 Å². The van der Waals surface area contributed by atoms with Crippen LogP contribution < -0.4 is 0 Å². The van der Waals surface area contributed by atoms with Crippen molar-refractivity contribution in [1.29, 1.82) is 0 Å². The molecule has 0 bridgehead atoms. The molecule has 0 radical (unpaired) electrons. The maximum Gasteiger partial charge on any atom is 0.416 e. The van der Waals surface area contributed by atoms with E-state index < -0.39 is 29.3 Å². The number of carbonyl (C=O) groups is 2. The number of aromatic nitrogens is 4. The number of halogens is 3. The van der Waals surface area contributed by atoms with Gasteiger partial charge >= 0.3 is 6.18 Å². The third kappa shape index (κ3) is 4.22. The molecule has 0 saturated carbocycles. The molecule has 178 valence electrons. The molecule has 0 saturated heterocycles. The van der Waals surface area contributed by atoms with E-state index in [4.69, 9.17) is 0 Å². The summed E-state index contributed by atoms with van der Waals surface area (Å²) in [5, 5.41) is 0. The third-order valence-corrected chi connectivity index (χ3v) is 5.50. The lowest BCUT2D eigenvalue weighted by Gasteiger charge is -2.34. The van der Waals surface area contributed by atoms with Crippen LogP contribution in [0.15, 0.2) is 96.8 Å². The number of amidine groups is 1. The van der Waals surface area contributed by atoms with Crippen LogP contribution in [0.5, 0.6) is 0 Å². The van der Waals surface area contributed by atoms with Crippen molar-refractivity contribution in [1.82, 2.24) is 24.8 Å². The molecule has 2 aliphatic heterocycles. The number of carbonyl (C=O) groups excluding carboxylic acids is 2. The van der Waals surface area contributed by atoms with Gasteiger partial charge in [-0.05, 0) is 29.8 Å². The average molecular weight is 488 g/mol. The lowest BCUT2D eigenvalue weighted by atomic mass is 9.87. The predicted octanol–water partition coefficient (Wildman–Crippen LogP) is 3.93. The smallest absolute Gasteiger partial charge is 0.298 e. The number of Topliss-reactive ketones (excluding diaryl/α,β-unsaturated/α-hetero) is 2. The molecule has 8 nitrogen and oxygen atoms in total. The Morgan fingerprint density at radius 2 is 1.56 bits per heavy atom. The number of hydrogen-bond acceptors (Lipinski definition) is 8. The van der Waals surface area contributed by atoms with Crippen LogP contribution in [-0.4, -0.2) is 48.3 Å². The monoisotopic (exact) mass is 488 g/mol. The number of rotatable bonds is 5. The summed E-state index contributed by atoms with van der Waals surface area (Å²) >= 11 is 0. The second-order valence-corrected chi connectivity index (χ2v) is 7.75. The van der Waals surface area contributed by atoms with Gasteiger partial charge in [-0.15, -0.1) is 0 Å². The van der Waals surface area contributed by atoms with E-state index in [2.05, 4.69) is 24.9 Å². The Labute approximate surface area is 202 Å². The highest BCUT2D eigenvalue weighted by molar-refractivity contribution is 6.22. The lowest BCUT2D eigenvalue weighted by molar-refractivity contribution is -0.137. The second kappa shape index (κ2) is 9.10. The van der Waals surface area contributed by atoms with Crippen LogP contribution in [0.1, 0.15) is 31.8 Å². The average Bonchev–Trinajstić information content (AvgIpc) is 2.91.